The highest BCUT2D eigenvalue weighted by atomic mass is 16.4. The average Bonchev–Trinajstić information content (AvgIpc) is 2.85. The predicted octanol–water partition coefficient (Wildman–Crippen LogP) is 1.43. The van der Waals surface area contributed by atoms with Crippen LogP contribution in [0.4, 0.5) is 0 Å². The monoisotopic (exact) mass is 204 g/mol. The van der Waals surface area contributed by atoms with E-state index in [9.17, 15) is 4.79 Å². The van der Waals surface area contributed by atoms with Crippen molar-refractivity contribution < 1.29 is 9.90 Å². The maximum absolute atomic E-state index is 10.2. The molecule has 1 N–H and O–H groups in total. The summed E-state index contributed by atoms with van der Waals surface area (Å²) in [5.74, 6) is 3.53. The molecule has 1 aliphatic rings. The van der Waals surface area contributed by atoms with E-state index in [1.54, 1.807) is 6.20 Å². The molecule has 1 fully saturated rings. The summed E-state index contributed by atoms with van der Waals surface area (Å²) < 4.78 is 1.90. The van der Waals surface area contributed by atoms with Gasteiger partial charge in [0, 0.05) is 12.1 Å². The summed E-state index contributed by atoms with van der Waals surface area (Å²) in [5.41, 5.74) is 0.671. The zero-order valence-corrected chi connectivity index (χ0v) is 8.31. The van der Waals surface area contributed by atoms with Gasteiger partial charge in [0.05, 0.1) is 17.8 Å². The second kappa shape index (κ2) is 4.18. The van der Waals surface area contributed by atoms with Crippen molar-refractivity contribution >= 4 is 5.97 Å². The zero-order valence-electron chi connectivity index (χ0n) is 8.31. The molecular formula is C11H12N2O2. The Morgan fingerprint density at radius 3 is 2.93 bits per heavy atom. The second-order valence-corrected chi connectivity index (χ2v) is 3.70. The first kappa shape index (κ1) is 9.78. The van der Waals surface area contributed by atoms with Crippen LogP contribution in [0.5, 0.6) is 0 Å². The number of aromatic nitrogens is 2. The zero-order chi connectivity index (χ0) is 10.7. The minimum Gasteiger partial charge on any atom is -0.472 e. The second-order valence-electron chi connectivity index (χ2n) is 3.70. The first-order valence-electron chi connectivity index (χ1n) is 5.05. The largest absolute Gasteiger partial charge is 0.472 e. The Hall–Kier alpha value is -1.76. The van der Waals surface area contributed by atoms with E-state index in [-0.39, 0.29) is 0 Å². The van der Waals surface area contributed by atoms with Crippen LogP contribution in [0.1, 0.15) is 37.3 Å². The molecule has 0 amide bonds. The van der Waals surface area contributed by atoms with E-state index >= 15 is 0 Å². The Bertz CT molecular complexity index is 419. The molecule has 1 aromatic heterocycles. The number of rotatable bonds is 1. The van der Waals surface area contributed by atoms with Crippen LogP contribution in [0, 0.1) is 11.8 Å². The van der Waals surface area contributed by atoms with E-state index < -0.39 is 5.97 Å². The first-order chi connectivity index (χ1) is 7.25. The van der Waals surface area contributed by atoms with Crippen LogP contribution in [0.15, 0.2) is 12.4 Å². The molecule has 0 spiro atoms. The Kier molecular flexibility index (Phi) is 2.72. The molecule has 1 saturated carbocycles. The third-order valence-corrected chi connectivity index (χ3v) is 2.61. The number of hydrogen-bond donors (Lipinski definition) is 1. The van der Waals surface area contributed by atoms with E-state index in [1.165, 1.54) is 12.8 Å². The number of carbonyl (C=O) groups is 1. The van der Waals surface area contributed by atoms with Crippen LogP contribution >= 0.6 is 0 Å². The quantitative estimate of drug-likeness (QED) is 0.704. The third-order valence-electron chi connectivity index (χ3n) is 2.61. The summed E-state index contributed by atoms with van der Waals surface area (Å²) in [4.78, 5) is 10.2. The van der Waals surface area contributed by atoms with Gasteiger partial charge >= 0.3 is 5.97 Å². The number of aliphatic carboxylic acids is 1. The van der Waals surface area contributed by atoms with Gasteiger partial charge in [-0.05, 0) is 12.8 Å². The summed E-state index contributed by atoms with van der Waals surface area (Å²) in [6, 6.07) is 0.477. The van der Waals surface area contributed by atoms with Crippen molar-refractivity contribution in [1.82, 2.24) is 9.78 Å². The van der Waals surface area contributed by atoms with E-state index in [4.69, 9.17) is 5.11 Å². The normalized spacial score (nSPS) is 16.0. The lowest BCUT2D eigenvalue weighted by atomic mass is 10.2. The highest BCUT2D eigenvalue weighted by Gasteiger charge is 2.17. The molecule has 0 unspecified atom stereocenters. The SMILES string of the molecule is O=C(O)C#Cc1cnn(C2CCCC2)c1. The number of carboxylic acids is 1. The summed E-state index contributed by atoms with van der Waals surface area (Å²) >= 11 is 0. The van der Waals surface area contributed by atoms with Gasteiger partial charge in [0.15, 0.2) is 0 Å². The van der Waals surface area contributed by atoms with Gasteiger partial charge in [-0.2, -0.15) is 5.10 Å². The van der Waals surface area contributed by atoms with Gasteiger partial charge in [-0.25, -0.2) is 4.79 Å². The van der Waals surface area contributed by atoms with Crippen molar-refractivity contribution in [2.75, 3.05) is 0 Å². The van der Waals surface area contributed by atoms with Gasteiger partial charge < -0.3 is 5.11 Å². The summed E-state index contributed by atoms with van der Waals surface area (Å²) in [6.07, 6.45) is 8.27. The van der Waals surface area contributed by atoms with Crippen molar-refractivity contribution in [3.8, 4) is 11.8 Å². The lowest BCUT2D eigenvalue weighted by Crippen LogP contribution is -2.04. The molecule has 1 aliphatic carbocycles. The fraction of sp³-hybridized carbons (Fsp3) is 0.455. The Labute approximate surface area is 87.9 Å². The van der Waals surface area contributed by atoms with Gasteiger partial charge in [0.25, 0.3) is 0 Å². The van der Waals surface area contributed by atoms with Gasteiger partial charge in [-0.1, -0.05) is 18.8 Å². The highest BCUT2D eigenvalue weighted by molar-refractivity contribution is 5.87. The molecule has 0 bridgehead atoms. The fourth-order valence-corrected chi connectivity index (χ4v) is 1.90. The number of hydrogen-bond acceptors (Lipinski definition) is 2. The topological polar surface area (TPSA) is 55.1 Å². The molecule has 0 aromatic carbocycles. The fourth-order valence-electron chi connectivity index (χ4n) is 1.90. The third kappa shape index (κ3) is 2.38. The molecule has 0 radical (unpaired) electrons. The molecule has 0 aliphatic heterocycles. The van der Waals surface area contributed by atoms with Crippen molar-refractivity contribution in [2.24, 2.45) is 0 Å². The van der Waals surface area contributed by atoms with Crippen molar-refractivity contribution in [1.29, 1.82) is 0 Å². The average molecular weight is 204 g/mol. The summed E-state index contributed by atoms with van der Waals surface area (Å²) in [6.45, 7) is 0. The lowest BCUT2D eigenvalue weighted by molar-refractivity contribution is -0.130. The maximum Gasteiger partial charge on any atom is 0.382 e. The predicted molar refractivity (Wildman–Crippen MR) is 54.2 cm³/mol. The molecule has 1 heterocycles. The van der Waals surface area contributed by atoms with Gasteiger partial charge in [0.2, 0.25) is 0 Å². The van der Waals surface area contributed by atoms with Crippen molar-refractivity contribution in [3.63, 3.8) is 0 Å². The summed E-state index contributed by atoms with van der Waals surface area (Å²) in [7, 11) is 0. The van der Waals surface area contributed by atoms with Crippen molar-refractivity contribution in [3.05, 3.63) is 18.0 Å². The van der Waals surface area contributed by atoms with Gasteiger partial charge in [-0.3, -0.25) is 4.68 Å². The number of nitrogens with zero attached hydrogens (tertiary/aromatic N) is 2. The molecule has 78 valence electrons. The van der Waals surface area contributed by atoms with Crippen LogP contribution < -0.4 is 0 Å². The van der Waals surface area contributed by atoms with Crippen LogP contribution in [0.2, 0.25) is 0 Å². The smallest absolute Gasteiger partial charge is 0.382 e. The van der Waals surface area contributed by atoms with Crippen LogP contribution in [-0.4, -0.2) is 20.9 Å². The van der Waals surface area contributed by atoms with E-state index in [0.29, 0.717) is 11.6 Å². The Morgan fingerprint density at radius 1 is 1.53 bits per heavy atom. The molecule has 0 atom stereocenters. The van der Waals surface area contributed by atoms with E-state index in [2.05, 4.69) is 16.9 Å². The maximum atomic E-state index is 10.2. The molecule has 1 aromatic rings. The molecule has 15 heavy (non-hydrogen) atoms. The minimum atomic E-state index is -1.11. The van der Waals surface area contributed by atoms with Crippen LogP contribution in [-0.2, 0) is 4.79 Å². The molecule has 4 heteroatoms. The highest BCUT2D eigenvalue weighted by Crippen LogP contribution is 2.28. The van der Waals surface area contributed by atoms with Gasteiger partial charge in [0.1, 0.15) is 0 Å². The molecule has 4 nitrogen and oxygen atoms in total. The first-order valence-corrected chi connectivity index (χ1v) is 5.05. The Morgan fingerprint density at radius 2 is 2.27 bits per heavy atom. The number of carboxylic acid groups (broad SMARTS) is 1. The van der Waals surface area contributed by atoms with E-state index in [1.807, 2.05) is 10.9 Å². The van der Waals surface area contributed by atoms with Crippen LogP contribution in [0.3, 0.4) is 0 Å². The molecule has 2 rings (SSSR count). The summed E-state index contributed by atoms with van der Waals surface area (Å²) in [5, 5.41) is 12.6. The lowest BCUT2D eigenvalue weighted by Gasteiger charge is -2.07. The standard InChI is InChI=1S/C11H12N2O2/c14-11(15)6-5-9-7-12-13(8-9)10-3-1-2-4-10/h7-8,10H,1-4H2,(H,14,15). The van der Waals surface area contributed by atoms with Gasteiger partial charge in [-0.15, -0.1) is 0 Å². The molecule has 0 saturated heterocycles. The van der Waals surface area contributed by atoms with Crippen molar-refractivity contribution in [2.45, 2.75) is 31.7 Å². The minimum absolute atomic E-state index is 0.477. The molecular weight excluding hydrogens is 192 g/mol. The van der Waals surface area contributed by atoms with Crippen LogP contribution in [0.25, 0.3) is 0 Å². The van der Waals surface area contributed by atoms with E-state index in [0.717, 1.165) is 12.8 Å². The Balaban J connectivity index is 2.10.